The number of H-pyrrole nitrogens is 1. The highest BCUT2D eigenvalue weighted by Gasteiger charge is 2.16. The molecule has 0 aromatic carbocycles. The number of carbonyl (C=O) groups is 1. The lowest BCUT2D eigenvalue weighted by Gasteiger charge is -2.11. The van der Waals surface area contributed by atoms with E-state index in [2.05, 4.69) is 10.2 Å². The van der Waals surface area contributed by atoms with Gasteiger partial charge in [0, 0.05) is 12.0 Å². The van der Waals surface area contributed by atoms with Gasteiger partial charge in [-0.3, -0.25) is 9.89 Å². The van der Waals surface area contributed by atoms with Crippen molar-refractivity contribution >= 4 is 5.97 Å². The molecule has 0 atom stereocenters. The third-order valence-electron chi connectivity index (χ3n) is 2.59. The summed E-state index contributed by atoms with van der Waals surface area (Å²) in [6.07, 6.45) is 2.47. The third kappa shape index (κ3) is 2.36. The summed E-state index contributed by atoms with van der Waals surface area (Å²) < 4.78 is 5.29. The molecule has 1 aromatic heterocycles. The van der Waals surface area contributed by atoms with Gasteiger partial charge in [-0.1, -0.05) is 0 Å². The second-order valence-corrected chi connectivity index (χ2v) is 3.68. The largest absolute Gasteiger partial charge is 0.481 e. The van der Waals surface area contributed by atoms with Gasteiger partial charge in [0.1, 0.15) is 0 Å². The highest BCUT2D eigenvalue weighted by atomic mass is 16.5. The number of nitrogens with one attached hydrogen (secondary N) is 1. The molecule has 0 saturated heterocycles. The Morgan fingerprint density at radius 3 is 3.27 bits per heavy atom. The van der Waals surface area contributed by atoms with Gasteiger partial charge in [-0.25, -0.2) is 0 Å². The number of hydrogen-bond acceptors (Lipinski definition) is 3. The van der Waals surface area contributed by atoms with Crippen molar-refractivity contribution in [2.24, 2.45) is 0 Å². The summed E-state index contributed by atoms with van der Waals surface area (Å²) in [5, 5.41) is 15.7. The Morgan fingerprint density at radius 1 is 1.60 bits per heavy atom. The molecule has 0 radical (unpaired) electrons. The number of fused-ring (bicyclic) bond motifs is 1. The quantitative estimate of drug-likeness (QED) is 0.773. The van der Waals surface area contributed by atoms with E-state index in [1.54, 1.807) is 0 Å². The first-order valence-electron chi connectivity index (χ1n) is 5.12. The number of aromatic nitrogens is 2. The molecule has 0 bridgehead atoms. The van der Waals surface area contributed by atoms with Crippen LogP contribution in [0.2, 0.25) is 0 Å². The van der Waals surface area contributed by atoms with Gasteiger partial charge in [-0.15, -0.1) is 0 Å². The summed E-state index contributed by atoms with van der Waals surface area (Å²) >= 11 is 0. The predicted octanol–water partition coefficient (Wildman–Crippen LogP) is 0.890. The monoisotopic (exact) mass is 210 g/mol. The second kappa shape index (κ2) is 4.44. The van der Waals surface area contributed by atoms with Crippen LogP contribution in [-0.2, 0) is 29.0 Å². The topological polar surface area (TPSA) is 75.2 Å². The van der Waals surface area contributed by atoms with E-state index in [1.165, 1.54) is 5.56 Å². The molecule has 2 rings (SSSR count). The Hall–Kier alpha value is -1.36. The van der Waals surface area contributed by atoms with E-state index in [1.807, 2.05) is 0 Å². The SMILES string of the molecule is O=C(O)CCCc1n[nH]c2c1CCOC2. The number of carboxylic acids is 1. The van der Waals surface area contributed by atoms with Crippen molar-refractivity contribution < 1.29 is 14.6 Å². The van der Waals surface area contributed by atoms with Gasteiger partial charge in [0.05, 0.1) is 24.6 Å². The number of rotatable bonds is 4. The van der Waals surface area contributed by atoms with Crippen molar-refractivity contribution in [3.63, 3.8) is 0 Å². The molecule has 2 N–H and O–H groups in total. The van der Waals surface area contributed by atoms with Crippen molar-refractivity contribution in [2.45, 2.75) is 32.3 Å². The van der Waals surface area contributed by atoms with Crippen LogP contribution in [0.4, 0.5) is 0 Å². The van der Waals surface area contributed by atoms with E-state index in [0.29, 0.717) is 13.0 Å². The fourth-order valence-electron chi connectivity index (χ4n) is 1.82. The lowest BCUT2D eigenvalue weighted by Crippen LogP contribution is -2.10. The van der Waals surface area contributed by atoms with Crippen LogP contribution in [0.1, 0.15) is 29.8 Å². The molecule has 5 heteroatoms. The summed E-state index contributed by atoms with van der Waals surface area (Å²) in [6.45, 7) is 1.33. The molecule has 1 aromatic rings. The van der Waals surface area contributed by atoms with Gasteiger partial charge in [0.15, 0.2) is 0 Å². The molecule has 0 spiro atoms. The number of nitrogens with zero attached hydrogens (tertiary/aromatic N) is 1. The maximum absolute atomic E-state index is 10.4. The highest BCUT2D eigenvalue weighted by molar-refractivity contribution is 5.66. The lowest BCUT2D eigenvalue weighted by atomic mass is 10.0. The Kier molecular flexibility index (Phi) is 3.01. The first-order valence-corrected chi connectivity index (χ1v) is 5.12. The maximum atomic E-state index is 10.4. The Morgan fingerprint density at radius 2 is 2.47 bits per heavy atom. The molecule has 82 valence electrons. The van der Waals surface area contributed by atoms with Crippen LogP contribution in [0.15, 0.2) is 0 Å². The summed E-state index contributed by atoms with van der Waals surface area (Å²) in [6, 6.07) is 0. The molecule has 2 heterocycles. The van der Waals surface area contributed by atoms with Crippen molar-refractivity contribution in [3.8, 4) is 0 Å². The van der Waals surface area contributed by atoms with E-state index in [4.69, 9.17) is 9.84 Å². The van der Waals surface area contributed by atoms with Gasteiger partial charge >= 0.3 is 5.97 Å². The maximum Gasteiger partial charge on any atom is 0.303 e. The molecular formula is C10H14N2O3. The zero-order chi connectivity index (χ0) is 10.7. The van der Waals surface area contributed by atoms with Crippen LogP contribution in [0.3, 0.4) is 0 Å². The van der Waals surface area contributed by atoms with Crippen molar-refractivity contribution in [3.05, 3.63) is 17.0 Å². The minimum Gasteiger partial charge on any atom is -0.481 e. The van der Waals surface area contributed by atoms with E-state index >= 15 is 0 Å². The fraction of sp³-hybridized carbons (Fsp3) is 0.600. The first-order chi connectivity index (χ1) is 7.27. The van der Waals surface area contributed by atoms with Gasteiger partial charge in [-0.2, -0.15) is 5.10 Å². The van der Waals surface area contributed by atoms with Crippen LogP contribution in [0, 0.1) is 0 Å². The first kappa shape index (κ1) is 10.2. The molecule has 0 saturated carbocycles. The Balaban J connectivity index is 1.96. The van der Waals surface area contributed by atoms with Crippen molar-refractivity contribution in [1.29, 1.82) is 0 Å². The average molecular weight is 210 g/mol. The second-order valence-electron chi connectivity index (χ2n) is 3.68. The molecule has 1 aliphatic rings. The third-order valence-corrected chi connectivity index (χ3v) is 2.59. The number of ether oxygens (including phenoxy) is 1. The zero-order valence-corrected chi connectivity index (χ0v) is 8.45. The summed E-state index contributed by atoms with van der Waals surface area (Å²) in [4.78, 5) is 10.4. The molecule has 15 heavy (non-hydrogen) atoms. The van der Waals surface area contributed by atoms with Gasteiger partial charge < -0.3 is 9.84 Å². The van der Waals surface area contributed by atoms with E-state index < -0.39 is 5.97 Å². The Labute approximate surface area is 87.4 Å². The zero-order valence-electron chi connectivity index (χ0n) is 8.45. The molecular weight excluding hydrogens is 196 g/mol. The highest BCUT2D eigenvalue weighted by Crippen LogP contribution is 2.19. The fourth-order valence-corrected chi connectivity index (χ4v) is 1.82. The number of aromatic amines is 1. The molecule has 0 fully saturated rings. The van der Waals surface area contributed by atoms with Crippen LogP contribution in [-0.4, -0.2) is 27.9 Å². The minimum atomic E-state index is -0.747. The average Bonchev–Trinajstić information content (AvgIpc) is 2.62. The van der Waals surface area contributed by atoms with Crippen molar-refractivity contribution in [1.82, 2.24) is 10.2 Å². The van der Waals surface area contributed by atoms with Crippen LogP contribution >= 0.6 is 0 Å². The molecule has 0 amide bonds. The summed E-state index contributed by atoms with van der Waals surface area (Å²) in [5.74, 6) is -0.747. The van der Waals surface area contributed by atoms with E-state index in [-0.39, 0.29) is 6.42 Å². The van der Waals surface area contributed by atoms with Crippen LogP contribution in [0.5, 0.6) is 0 Å². The van der Waals surface area contributed by atoms with Gasteiger partial charge in [-0.05, 0) is 19.3 Å². The molecule has 5 nitrogen and oxygen atoms in total. The van der Waals surface area contributed by atoms with Crippen molar-refractivity contribution in [2.75, 3.05) is 6.61 Å². The number of aliphatic carboxylic acids is 1. The molecule has 0 unspecified atom stereocenters. The number of hydrogen-bond donors (Lipinski definition) is 2. The molecule has 0 aliphatic carbocycles. The van der Waals surface area contributed by atoms with Crippen LogP contribution < -0.4 is 0 Å². The minimum absolute atomic E-state index is 0.206. The summed E-state index contributed by atoms with van der Waals surface area (Å²) in [7, 11) is 0. The smallest absolute Gasteiger partial charge is 0.303 e. The van der Waals surface area contributed by atoms with Gasteiger partial charge in [0.2, 0.25) is 0 Å². The number of carboxylic acid groups (broad SMARTS) is 1. The Bertz CT molecular complexity index is 360. The van der Waals surface area contributed by atoms with E-state index in [0.717, 1.165) is 30.8 Å². The van der Waals surface area contributed by atoms with Crippen LogP contribution in [0.25, 0.3) is 0 Å². The normalized spacial score (nSPS) is 14.9. The van der Waals surface area contributed by atoms with Gasteiger partial charge in [0.25, 0.3) is 0 Å². The predicted molar refractivity (Wildman–Crippen MR) is 52.5 cm³/mol. The van der Waals surface area contributed by atoms with E-state index in [9.17, 15) is 4.79 Å². The lowest BCUT2D eigenvalue weighted by molar-refractivity contribution is -0.137. The molecule has 1 aliphatic heterocycles. The standard InChI is InChI=1S/C10H14N2O3/c13-10(14)3-1-2-8-7-4-5-15-6-9(7)12-11-8/h1-6H2,(H,11,12)(H,13,14). The summed E-state index contributed by atoms with van der Waals surface area (Å²) in [5.41, 5.74) is 3.28. The number of aryl methyl sites for hydroxylation is 1.